The van der Waals surface area contributed by atoms with Gasteiger partial charge < -0.3 is 5.32 Å². The first-order chi connectivity index (χ1) is 10.4. The van der Waals surface area contributed by atoms with Crippen molar-refractivity contribution in [2.24, 2.45) is 5.92 Å². The van der Waals surface area contributed by atoms with Crippen LogP contribution in [0.5, 0.6) is 0 Å². The van der Waals surface area contributed by atoms with Crippen LogP contribution in [0.3, 0.4) is 0 Å². The third kappa shape index (κ3) is 2.93. The Kier molecular flexibility index (Phi) is 3.35. The monoisotopic (exact) mass is 281 g/mol. The molecule has 2 heterocycles. The minimum atomic E-state index is 0.691. The SMILES string of the molecule is c1cnc(-c2ncc3c(n2)CCC(CNC2CC2)C3)cn1. The molecule has 1 saturated carbocycles. The number of hydrogen-bond donors (Lipinski definition) is 1. The molecule has 1 unspecified atom stereocenters. The number of nitrogens with one attached hydrogen (secondary N) is 1. The van der Waals surface area contributed by atoms with Gasteiger partial charge in [-0.2, -0.15) is 0 Å². The fourth-order valence-electron chi connectivity index (χ4n) is 2.92. The maximum Gasteiger partial charge on any atom is 0.179 e. The van der Waals surface area contributed by atoms with E-state index in [0.29, 0.717) is 5.82 Å². The fraction of sp³-hybridized carbons (Fsp3) is 0.500. The van der Waals surface area contributed by atoms with Gasteiger partial charge in [-0.15, -0.1) is 0 Å². The lowest BCUT2D eigenvalue weighted by Gasteiger charge is -2.24. The van der Waals surface area contributed by atoms with Gasteiger partial charge in [-0.25, -0.2) is 15.0 Å². The second kappa shape index (κ2) is 5.48. The fourth-order valence-corrected chi connectivity index (χ4v) is 2.92. The molecule has 0 radical (unpaired) electrons. The van der Waals surface area contributed by atoms with E-state index >= 15 is 0 Å². The highest BCUT2D eigenvalue weighted by Gasteiger charge is 2.25. The Bertz CT molecular complexity index is 624. The maximum atomic E-state index is 4.69. The quantitative estimate of drug-likeness (QED) is 0.925. The zero-order valence-electron chi connectivity index (χ0n) is 12.0. The van der Waals surface area contributed by atoms with Crippen LogP contribution in [0.1, 0.15) is 30.5 Å². The van der Waals surface area contributed by atoms with Crippen molar-refractivity contribution < 1.29 is 0 Å². The Hall–Kier alpha value is -1.88. The van der Waals surface area contributed by atoms with Gasteiger partial charge in [0.15, 0.2) is 5.82 Å². The molecule has 1 fully saturated rings. The van der Waals surface area contributed by atoms with Crippen molar-refractivity contribution in [3.05, 3.63) is 36.0 Å². The van der Waals surface area contributed by atoms with Crippen molar-refractivity contribution in [1.82, 2.24) is 25.3 Å². The van der Waals surface area contributed by atoms with Crippen LogP contribution in [0.4, 0.5) is 0 Å². The summed E-state index contributed by atoms with van der Waals surface area (Å²) in [6.45, 7) is 1.13. The molecule has 0 aliphatic heterocycles. The molecule has 2 aromatic rings. The summed E-state index contributed by atoms with van der Waals surface area (Å²) in [7, 11) is 0. The van der Waals surface area contributed by atoms with Crippen LogP contribution in [0.25, 0.3) is 11.5 Å². The van der Waals surface area contributed by atoms with E-state index in [-0.39, 0.29) is 0 Å². The minimum Gasteiger partial charge on any atom is -0.314 e. The lowest BCUT2D eigenvalue weighted by atomic mass is 9.87. The highest BCUT2D eigenvalue weighted by Crippen LogP contribution is 2.26. The van der Waals surface area contributed by atoms with Crippen LogP contribution in [0.2, 0.25) is 0 Å². The van der Waals surface area contributed by atoms with Gasteiger partial charge >= 0.3 is 0 Å². The molecule has 5 heteroatoms. The summed E-state index contributed by atoms with van der Waals surface area (Å²) in [5, 5.41) is 3.64. The van der Waals surface area contributed by atoms with E-state index in [1.54, 1.807) is 18.6 Å². The van der Waals surface area contributed by atoms with Gasteiger partial charge in [0.05, 0.1) is 6.20 Å². The first-order valence-corrected chi connectivity index (χ1v) is 7.73. The number of nitrogens with zero attached hydrogens (tertiary/aromatic N) is 4. The highest BCUT2D eigenvalue weighted by atomic mass is 15.0. The van der Waals surface area contributed by atoms with Crippen LogP contribution in [-0.4, -0.2) is 32.5 Å². The average molecular weight is 281 g/mol. The topological polar surface area (TPSA) is 63.6 Å². The average Bonchev–Trinajstić information content (AvgIpc) is 3.37. The van der Waals surface area contributed by atoms with Crippen molar-refractivity contribution in [3.63, 3.8) is 0 Å². The zero-order valence-corrected chi connectivity index (χ0v) is 12.0. The third-order valence-electron chi connectivity index (χ3n) is 4.32. The van der Waals surface area contributed by atoms with E-state index in [4.69, 9.17) is 4.98 Å². The van der Waals surface area contributed by atoms with E-state index < -0.39 is 0 Å². The first-order valence-electron chi connectivity index (χ1n) is 7.73. The lowest BCUT2D eigenvalue weighted by Crippen LogP contribution is -2.29. The lowest BCUT2D eigenvalue weighted by molar-refractivity contribution is 0.418. The third-order valence-corrected chi connectivity index (χ3v) is 4.32. The van der Waals surface area contributed by atoms with Crippen molar-refractivity contribution in [1.29, 1.82) is 0 Å². The molecule has 2 aromatic heterocycles. The van der Waals surface area contributed by atoms with E-state index in [2.05, 4.69) is 20.3 Å². The van der Waals surface area contributed by atoms with Gasteiger partial charge in [0.1, 0.15) is 5.69 Å². The van der Waals surface area contributed by atoms with Gasteiger partial charge in [-0.1, -0.05) is 0 Å². The van der Waals surface area contributed by atoms with E-state index in [1.165, 1.54) is 30.5 Å². The molecule has 2 aliphatic carbocycles. The molecule has 0 amide bonds. The summed E-state index contributed by atoms with van der Waals surface area (Å²) in [4.78, 5) is 17.5. The molecular weight excluding hydrogens is 262 g/mol. The molecule has 0 spiro atoms. The Balaban J connectivity index is 1.49. The second-order valence-electron chi connectivity index (χ2n) is 6.05. The van der Waals surface area contributed by atoms with Crippen LogP contribution >= 0.6 is 0 Å². The molecule has 108 valence electrons. The van der Waals surface area contributed by atoms with Crippen molar-refractivity contribution in [2.45, 2.75) is 38.1 Å². The first kappa shape index (κ1) is 12.8. The van der Waals surface area contributed by atoms with Gasteiger partial charge in [-0.3, -0.25) is 4.98 Å². The van der Waals surface area contributed by atoms with Crippen LogP contribution in [0, 0.1) is 5.92 Å². The van der Waals surface area contributed by atoms with Gasteiger partial charge in [-0.05, 0) is 50.1 Å². The zero-order chi connectivity index (χ0) is 14.1. The Morgan fingerprint density at radius 2 is 2.05 bits per heavy atom. The van der Waals surface area contributed by atoms with Crippen molar-refractivity contribution >= 4 is 0 Å². The summed E-state index contributed by atoms with van der Waals surface area (Å²) in [6.07, 6.45) is 13.1. The summed E-state index contributed by atoms with van der Waals surface area (Å²) < 4.78 is 0. The number of hydrogen-bond acceptors (Lipinski definition) is 5. The molecule has 0 bridgehead atoms. The second-order valence-corrected chi connectivity index (χ2v) is 6.05. The Morgan fingerprint density at radius 1 is 1.10 bits per heavy atom. The predicted molar refractivity (Wildman–Crippen MR) is 79.6 cm³/mol. The number of aromatic nitrogens is 4. The van der Waals surface area contributed by atoms with E-state index in [9.17, 15) is 0 Å². The molecule has 2 aliphatic rings. The summed E-state index contributed by atoms with van der Waals surface area (Å²) >= 11 is 0. The van der Waals surface area contributed by atoms with Gasteiger partial charge in [0.2, 0.25) is 0 Å². The Morgan fingerprint density at radius 3 is 2.86 bits per heavy atom. The van der Waals surface area contributed by atoms with Crippen LogP contribution in [0.15, 0.2) is 24.8 Å². The standard InChI is InChI=1S/C16H19N5/c1-4-14-12(7-11(1)8-19-13-2-3-13)9-20-16(21-14)15-10-17-5-6-18-15/h5-6,9-11,13,19H,1-4,7-8H2. The molecule has 21 heavy (non-hydrogen) atoms. The number of fused-ring (bicyclic) bond motifs is 1. The van der Waals surface area contributed by atoms with Crippen molar-refractivity contribution in [3.8, 4) is 11.5 Å². The molecule has 0 aromatic carbocycles. The Labute approximate surface area is 124 Å². The molecule has 0 saturated heterocycles. The molecular formula is C16H19N5. The molecule has 1 atom stereocenters. The highest BCUT2D eigenvalue weighted by molar-refractivity contribution is 5.47. The van der Waals surface area contributed by atoms with Crippen molar-refractivity contribution in [2.75, 3.05) is 6.54 Å². The maximum absolute atomic E-state index is 4.69. The van der Waals surface area contributed by atoms with E-state index in [1.807, 2.05) is 6.20 Å². The minimum absolute atomic E-state index is 0.691. The van der Waals surface area contributed by atoms with E-state index in [0.717, 1.165) is 37.0 Å². The summed E-state index contributed by atoms with van der Waals surface area (Å²) in [5.74, 6) is 1.42. The smallest absolute Gasteiger partial charge is 0.179 e. The van der Waals surface area contributed by atoms with Crippen LogP contribution in [-0.2, 0) is 12.8 Å². The number of rotatable bonds is 4. The molecule has 5 nitrogen and oxygen atoms in total. The van der Waals surface area contributed by atoms with Crippen LogP contribution < -0.4 is 5.32 Å². The number of aryl methyl sites for hydroxylation is 1. The predicted octanol–water partition coefficient (Wildman–Crippen LogP) is 1.79. The molecule has 4 rings (SSSR count). The summed E-state index contributed by atoms with van der Waals surface area (Å²) in [5.41, 5.74) is 3.24. The normalized spacial score (nSPS) is 21.0. The largest absolute Gasteiger partial charge is 0.314 e. The molecule has 1 N–H and O–H groups in total. The summed E-state index contributed by atoms with van der Waals surface area (Å²) in [6, 6.07) is 0.793. The van der Waals surface area contributed by atoms with Gasteiger partial charge in [0.25, 0.3) is 0 Å². The van der Waals surface area contributed by atoms with Gasteiger partial charge in [0, 0.05) is 30.3 Å².